The molecule has 0 radical (unpaired) electrons. The highest BCUT2D eigenvalue weighted by atomic mass is 28.3. The molecule has 1 aliphatic rings. The number of nitrogens with zero attached hydrogens (tertiary/aromatic N) is 2. The van der Waals surface area contributed by atoms with E-state index in [9.17, 15) is 0 Å². The molecule has 0 N–H and O–H groups in total. The molecule has 1 aliphatic carbocycles. The third-order valence-electron chi connectivity index (χ3n) is 5.93. The molecule has 0 spiro atoms. The molecule has 0 unspecified atom stereocenters. The van der Waals surface area contributed by atoms with Crippen molar-refractivity contribution >= 4 is 38.9 Å². The van der Waals surface area contributed by atoms with Crippen LogP contribution >= 0.6 is 0 Å². The molecule has 0 aliphatic heterocycles. The predicted molar refractivity (Wildman–Crippen MR) is 164 cm³/mol. The zero-order valence-electron chi connectivity index (χ0n) is 23.5. The van der Waals surface area contributed by atoms with Crippen molar-refractivity contribution in [2.24, 2.45) is 9.98 Å². The predicted octanol–water partition coefficient (Wildman–Crippen LogP) is 8.68. The summed E-state index contributed by atoms with van der Waals surface area (Å²) in [5.41, 5.74) is 17.5. The van der Waals surface area contributed by atoms with Gasteiger partial charge in [-0.25, -0.2) is 9.98 Å². The summed E-state index contributed by atoms with van der Waals surface area (Å²) in [4.78, 5) is 10.0. The number of allylic oxidation sites excluding steroid dienone is 4. The van der Waals surface area contributed by atoms with Crippen molar-refractivity contribution in [3.8, 4) is 22.9 Å². The topological polar surface area (TPSA) is 24.7 Å². The maximum Gasteiger partial charge on any atom is 0.129 e. The van der Waals surface area contributed by atoms with E-state index in [0.717, 1.165) is 56.2 Å². The van der Waals surface area contributed by atoms with Crippen molar-refractivity contribution in [3.05, 3.63) is 82.0 Å². The van der Waals surface area contributed by atoms with Gasteiger partial charge in [-0.2, -0.15) is 0 Å². The highest BCUT2D eigenvalue weighted by Gasteiger charge is 2.22. The summed E-state index contributed by atoms with van der Waals surface area (Å²) in [6, 6.07) is 16.5. The minimum absolute atomic E-state index is 0.943. The van der Waals surface area contributed by atoms with Crippen LogP contribution in [0.5, 0.6) is 0 Å². The van der Waals surface area contributed by atoms with Crippen LogP contribution in [-0.2, 0) is 0 Å². The first-order valence-electron chi connectivity index (χ1n) is 12.5. The minimum Gasteiger partial charge on any atom is -0.248 e. The molecule has 0 amide bonds. The van der Waals surface area contributed by atoms with Crippen molar-refractivity contribution in [1.29, 1.82) is 0 Å². The van der Waals surface area contributed by atoms with E-state index in [0.29, 0.717) is 0 Å². The van der Waals surface area contributed by atoms with E-state index in [1.54, 1.807) is 0 Å². The van der Waals surface area contributed by atoms with Crippen LogP contribution in [0.15, 0.2) is 80.8 Å². The fraction of sp³-hybridized carbons (Fsp3) is 0.312. The quantitative estimate of drug-likeness (QED) is 0.221. The molecule has 2 aromatic carbocycles. The average Bonchev–Trinajstić information content (AvgIpc) is 2.81. The molecule has 2 aromatic rings. The molecule has 0 saturated carbocycles. The third kappa shape index (κ3) is 7.41. The molecule has 0 atom stereocenters. The second-order valence-electron chi connectivity index (χ2n) is 11.5. The molecule has 3 rings (SSSR count). The summed E-state index contributed by atoms with van der Waals surface area (Å²) in [6.07, 6.45) is 0. The van der Waals surface area contributed by atoms with Crippen LogP contribution in [-0.4, -0.2) is 27.6 Å². The highest BCUT2D eigenvalue weighted by molar-refractivity contribution is 6.84. The van der Waals surface area contributed by atoms with E-state index >= 15 is 0 Å². The fourth-order valence-corrected chi connectivity index (χ4v) is 4.66. The summed E-state index contributed by atoms with van der Waals surface area (Å²) < 4.78 is 0. The summed E-state index contributed by atoms with van der Waals surface area (Å²) in [5, 5.41) is 0. The molecule has 2 nitrogen and oxygen atoms in total. The maximum absolute atomic E-state index is 5.02. The fourth-order valence-electron chi connectivity index (χ4n) is 3.62. The third-order valence-corrected chi connectivity index (χ3v) is 7.68. The van der Waals surface area contributed by atoms with E-state index in [2.05, 4.69) is 138 Å². The van der Waals surface area contributed by atoms with Crippen molar-refractivity contribution < 1.29 is 0 Å². The first-order chi connectivity index (χ1) is 16.7. The normalized spacial score (nSPS) is 14.2. The van der Waals surface area contributed by atoms with Crippen LogP contribution in [0.4, 0.5) is 11.4 Å². The molecular weight excluding hydrogens is 469 g/mol. The van der Waals surface area contributed by atoms with Gasteiger partial charge in [0.2, 0.25) is 0 Å². The Hall–Kier alpha value is -3.19. The van der Waals surface area contributed by atoms with Gasteiger partial charge >= 0.3 is 0 Å². The molecule has 0 aromatic heterocycles. The van der Waals surface area contributed by atoms with Gasteiger partial charge in [0, 0.05) is 11.1 Å². The van der Waals surface area contributed by atoms with Crippen LogP contribution < -0.4 is 0 Å². The van der Waals surface area contributed by atoms with Crippen LogP contribution in [0, 0.1) is 22.9 Å². The highest BCUT2D eigenvalue weighted by Crippen LogP contribution is 2.30. The number of hydrogen-bond donors (Lipinski definition) is 0. The lowest BCUT2D eigenvalue weighted by Gasteiger charge is -2.23. The number of rotatable bonds is 2. The Labute approximate surface area is 220 Å². The van der Waals surface area contributed by atoms with Crippen molar-refractivity contribution in [3.63, 3.8) is 0 Å². The van der Waals surface area contributed by atoms with Gasteiger partial charge in [-0.15, -0.1) is 11.1 Å². The lowest BCUT2D eigenvalue weighted by Crippen LogP contribution is -2.19. The standard InChI is InChI=1S/C32H38N2Si2/c1-23-24(2)32(34-30-17-13-28(14-18-30)20-22-36(8,9)10)26(4)25(3)31(23)33-29-15-11-27(12-16-29)19-21-35(5,6)7/h11-18H,1-10H3. The Morgan fingerprint density at radius 2 is 0.750 bits per heavy atom. The number of aliphatic imine (C=N–C) groups is 2. The molecule has 4 heteroatoms. The van der Waals surface area contributed by atoms with E-state index < -0.39 is 16.1 Å². The Morgan fingerprint density at radius 3 is 1.00 bits per heavy atom. The number of benzene rings is 2. The summed E-state index contributed by atoms with van der Waals surface area (Å²) in [5.74, 6) is 6.63. The van der Waals surface area contributed by atoms with Gasteiger partial charge in [-0.3, -0.25) is 0 Å². The van der Waals surface area contributed by atoms with Gasteiger partial charge in [0.15, 0.2) is 0 Å². The van der Waals surface area contributed by atoms with Crippen molar-refractivity contribution in [2.75, 3.05) is 0 Å². The van der Waals surface area contributed by atoms with Crippen LogP contribution in [0.1, 0.15) is 38.8 Å². The lowest BCUT2D eigenvalue weighted by molar-refractivity contribution is 1.29. The molecule has 36 heavy (non-hydrogen) atoms. The van der Waals surface area contributed by atoms with Crippen molar-refractivity contribution in [2.45, 2.75) is 67.0 Å². The van der Waals surface area contributed by atoms with Crippen LogP contribution in [0.25, 0.3) is 0 Å². The van der Waals surface area contributed by atoms with Crippen LogP contribution in [0.3, 0.4) is 0 Å². The van der Waals surface area contributed by atoms with E-state index in [4.69, 9.17) is 9.98 Å². The smallest absolute Gasteiger partial charge is 0.129 e. The molecule has 0 saturated heterocycles. The summed E-state index contributed by atoms with van der Waals surface area (Å²) >= 11 is 0. The average molecular weight is 507 g/mol. The molecular formula is C32H38N2Si2. The Bertz CT molecular complexity index is 1260. The Kier molecular flexibility index (Phi) is 8.24. The maximum atomic E-state index is 5.02. The van der Waals surface area contributed by atoms with Gasteiger partial charge in [-0.05, 0) is 98.5 Å². The van der Waals surface area contributed by atoms with Gasteiger partial charge in [-0.1, -0.05) is 51.1 Å². The minimum atomic E-state index is -1.39. The first-order valence-corrected chi connectivity index (χ1v) is 19.5. The summed E-state index contributed by atoms with van der Waals surface area (Å²) in [7, 11) is -2.78. The second-order valence-corrected chi connectivity index (χ2v) is 21.0. The lowest BCUT2D eigenvalue weighted by atomic mass is 9.85. The zero-order valence-corrected chi connectivity index (χ0v) is 25.5. The van der Waals surface area contributed by atoms with E-state index in [1.807, 2.05) is 0 Å². The van der Waals surface area contributed by atoms with Gasteiger partial charge < -0.3 is 0 Å². The van der Waals surface area contributed by atoms with Gasteiger partial charge in [0.05, 0.1) is 22.8 Å². The Morgan fingerprint density at radius 1 is 0.472 bits per heavy atom. The molecule has 0 bridgehead atoms. The van der Waals surface area contributed by atoms with Crippen LogP contribution in [0.2, 0.25) is 39.3 Å². The van der Waals surface area contributed by atoms with Crippen molar-refractivity contribution in [1.82, 2.24) is 0 Å². The van der Waals surface area contributed by atoms with E-state index in [1.165, 1.54) is 0 Å². The van der Waals surface area contributed by atoms with Gasteiger partial charge in [0.25, 0.3) is 0 Å². The number of hydrogen-bond acceptors (Lipinski definition) is 2. The molecule has 0 fully saturated rings. The molecule has 184 valence electrons. The monoisotopic (exact) mass is 506 g/mol. The zero-order chi connectivity index (χ0) is 26.7. The SMILES string of the molecule is CC1=C(C)C(=Nc2ccc(C#C[Si](C)(C)C)cc2)C(C)=C(C)C1=Nc1ccc(C#C[Si](C)(C)C)cc1. The first kappa shape index (κ1) is 27.4. The Balaban J connectivity index is 1.91. The summed E-state index contributed by atoms with van der Waals surface area (Å²) in [6.45, 7) is 22.1. The second kappa shape index (κ2) is 10.8. The van der Waals surface area contributed by atoms with E-state index in [-0.39, 0.29) is 0 Å². The largest absolute Gasteiger partial charge is 0.248 e. The van der Waals surface area contributed by atoms with Gasteiger partial charge in [0.1, 0.15) is 16.1 Å². The molecule has 0 heterocycles.